The first-order valence-electron chi connectivity index (χ1n) is 17.3. The third kappa shape index (κ3) is 10.0. The van der Waals surface area contributed by atoms with E-state index >= 15 is 0 Å². The molecule has 3 rings (SSSR count). The maximum atomic E-state index is 12.5. The van der Waals surface area contributed by atoms with Gasteiger partial charge in [0.05, 0.1) is 6.10 Å². The Morgan fingerprint density at radius 1 is 0.891 bits per heavy atom. The van der Waals surface area contributed by atoms with Crippen LogP contribution >= 0.6 is 0 Å². The molecule has 3 N–H and O–H groups in total. The molecule has 0 saturated heterocycles. The van der Waals surface area contributed by atoms with Crippen LogP contribution in [0, 0.1) is 44.4 Å². The molecule has 6 atom stereocenters. The first-order chi connectivity index (χ1) is 21.7. The summed E-state index contributed by atoms with van der Waals surface area (Å²) >= 11 is 0. The second-order valence-electron chi connectivity index (χ2n) is 14.3. The zero-order chi connectivity index (χ0) is 34.1. The van der Waals surface area contributed by atoms with Gasteiger partial charge < -0.3 is 34.3 Å². The predicted molar refractivity (Wildman–Crippen MR) is 177 cm³/mol. The Morgan fingerprint density at radius 2 is 1.50 bits per heavy atom. The summed E-state index contributed by atoms with van der Waals surface area (Å²) in [6, 6.07) is 0. The van der Waals surface area contributed by atoms with Crippen molar-refractivity contribution in [2.24, 2.45) is 23.7 Å². The first-order valence-corrected chi connectivity index (χ1v) is 17.3. The molecule has 2 aliphatic rings. The van der Waals surface area contributed by atoms with Crippen LogP contribution in [0.5, 0.6) is 11.5 Å². The highest BCUT2D eigenvalue weighted by atomic mass is 16.6. The number of ether oxygens (including phenoxy) is 4. The third-order valence-corrected chi connectivity index (χ3v) is 9.93. The number of carbonyl (C=O) groups excluding carboxylic acids is 2. The average molecular weight is 647 g/mol. The number of benzene rings is 1. The first kappa shape index (κ1) is 37.5. The summed E-state index contributed by atoms with van der Waals surface area (Å²) in [5.74, 6) is 0.636. The Balaban J connectivity index is 1.48. The van der Waals surface area contributed by atoms with E-state index in [0.29, 0.717) is 11.7 Å². The lowest BCUT2D eigenvalue weighted by molar-refractivity contribution is -0.155. The number of hydrogen-bond donors (Lipinski definition) is 3. The van der Waals surface area contributed by atoms with Crippen LogP contribution < -0.4 is 9.47 Å². The molecule has 0 bridgehead atoms. The molecule has 0 saturated carbocycles. The highest BCUT2D eigenvalue weighted by Crippen LogP contribution is 2.44. The van der Waals surface area contributed by atoms with Crippen molar-refractivity contribution in [1.82, 2.24) is 0 Å². The van der Waals surface area contributed by atoms with Crippen LogP contribution in [-0.4, -0.2) is 58.8 Å². The number of aliphatic hydroxyl groups is 3. The van der Waals surface area contributed by atoms with Crippen molar-refractivity contribution in [3.8, 4) is 11.5 Å². The fraction of sp³-hybridized carbons (Fsp3) is 0.730. The fourth-order valence-corrected chi connectivity index (χ4v) is 6.70. The van der Waals surface area contributed by atoms with Gasteiger partial charge in [-0.2, -0.15) is 0 Å². The third-order valence-electron chi connectivity index (χ3n) is 9.93. The topological polar surface area (TPSA) is 132 Å². The molecular weight excluding hydrogens is 588 g/mol. The lowest BCUT2D eigenvalue weighted by Crippen LogP contribution is -2.34. The van der Waals surface area contributed by atoms with Crippen molar-refractivity contribution in [3.05, 3.63) is 33.8 Å². The maximum absolute atomic E-state index is 12.5. The molecule has 9 heteroatoms. The molecule has 0 radical (unpaired) electrons. The molecule has 1 aromatic rings. The van der Waals surface area contributed by atoms with Gasteiger partial charge in [-0.05, 0) is 80.9 Å². The number of fused-ring (bicyclic) bond motifs is 1. The summed E-state index contributed by atoms with van der Waals surface area (Å²) < 4.78 is 22.2. The maximum Gasteiger partial charge on any atom is 0.377 e. The molecule has 6 unspecified atom stereocenters. The minimum absolute atomic E-state index is 0.121. The Kier molecular flexibility index (Phi) is 14.1. The van der Waals surface area contributed by atoms with Crippen molar-refractivity contribution in [2.45, 2.75) is 138 Å². The smallest absolute Gasteiger partial charge is 0.377 e. The average Bonchev–Trinajstić information content (AvgIpc) is 3.26. The van der Waals surface area contributed by atoms with Gasteiger partial charge >= 0.3 is 11.9 Å². The van der Waals surface area contributed by atoms with Gasteiger partial charge in [0.1, 0.15) is 24.2 Å². The Labute approximate surface area is 275 Å². The van der Waals surface area contributed by atoms with E-state index in [1.54, 1.807) is 0 Å². The van der Waals surface area contributed by atoms with Crippen molar-refractivity contribution in [3.63, 3.8) is 0 Å². The second-order valence-corrected chi connectivity index (χ2v) is 14.3. The van der Waals surface area contributed by atoms with E-state index in [-0.39, 0.29) is 12.7 Å². The molecule has 9 nitrogen and oxygen atoms in total. The van der Waals surface area contributed by atoms with Gasteiger partial charge in [-0.1, -0.05) is 79.1 Å². The van der Waals surface area contributed by atoms with E-state index in [2.05, 4.69) is 34.6 Å². The molecule has 0 fully saturated rings. The number of aliphatic hydroxyl groups excluding tert-OH is 3. The zero-order valence-corrected chi connectivity index (χ0v) is 29.3. The second kappa shape index (κ2) is 17.3. The Morgan fingerprint density at radius 3 is 2.09 bits per heavy atom. The van der Waals surface area contributed by atoms with E-state index < -0.39 is 42.3 Å². The monoisotopic (exact) mass is 646 g/mol. The fourth-order valence-electron chi connectivity index (χ4n) is 6.70. The van der Waals surface area contributed by atoms with Gasteiger partial charge in [-0.15, -0.1) is 0 Å². The largest absolute Gasteiger partial charge is 0.505 e. The lowest BCUT2D eigenvalue weighted by Gasteiger charge is -2.35. The summed E-state index contributed by atoms with van der Waals surface area (Å²) in [6.45, 7) is 16.6. The number of carbonyl (C=O) groups is 2. The van der Waals surface area contributed by atoms with Gasteiger partial charge in [0.25, 0.3) is 0 Å². The molecular formula is C37H58O9. The SMILES string of the molecule is Cc1c(C)c2c(c(C)c1OCC(=O)OCC(O)C1OC(=O)C(O)=C1O)CC(CCCC(C)CCCC(C)CCCC(C)C)C(C)O2. The quantitative estimate of drug-likeness (QED) is 0.139. The van der Waals surface area contributed by atoms with Gasteiger partial charge in [0.15, 0.2) is 18.5 Å². The van der Waals surface area contributed by atoms with Crippen LogP contribution in [0.2, 0.25) is 0 Å². The molecule has 0 spiro atoms. The van der Waals surface area contributed by atoms with E-state index in [1.165, 1.54) is 51.4 Å². The zero-order valence-electron chi connectivity index (χ0n) is 29.3. The molecule has 0 aliphatic carbocycles. The van der Waals surface area contributed by atoms with Gasteiger partial charge in [0.2, 0.25) is 5.76 Å². The van der Waals surface area contributed by atoms with Crippen molar-refractivity contribution < 1.29 is 43.9 Å². The van der Waals surface area contributed by atoms with Crippen LogP contribution in [0.4, 0.5) is 0 Å². The molecule has 1 aromatic carbocycles. The summed E-state index contributed by atoms with van der Waals surface area (Å²) in [6.07, 6.45) is 9.47. The highest BCUT2D eigenvalue weighted by Gasteiger charge is 2.40. The summed E-state index contributed by atoms with van der Waals surface area (Å²) in [5, 5.41) is 29.3. The summed E-state index contributed by atoms with van der Waals surface area (Å²) in [5.41, 5.74) is 3.94. The van der Waals surface area contributed by atoms with Gasteiger partial charge in [-0.3, -0.25) is 0 Å². The minimum atomic E-state index is -1.54. The van der Waals surface area contributed by atoms with E-state index in [1.807, 2.05) is 20.8 Å². The molecule has 2 heterocycles. The van der Waals surface area contributed by atoms with Crippen molar-refractivity contribution in [2.75, 3.05) is 13.2 Å². The molecule has 260 valence electrons. The number of cyclic esters (lactones) is 1. The van der Waals surface area contributed by atoms with Crippen LogP contribution in [0.25, 0.3) is 0 Å². The molecule has 46 heavy (non-hydrogen) atoms. The van der Waals surface area contributed by atoms with E-state index in [0.717, 1.165) is 58.6 Å². The van der Waals surface area contributed by atoms with Crippen LogP contribution in [0.3, 0.4) is 0 Å². The summed E-state index contributed by atoms with van der Waals surface area (Å²) in [4.78, 5) is 23.8. The number of rotatable bonds is 18. The van der Waals surface area contributed by atoms with Gasteiger partial charge in [-0.25, -0.2) is 9.59 Å². The standard InChI is InChI=1S/C37H58O9/c1-21(2)12-9-13-22(3)14-10-15-23(4)16-11-17-28-18-29-26(7)34(24(5)25(6)35(29)45-27(28)8)44-20-31(39)43-19-30(38)36-32(40)33(41)37(42)46-36/h21-23,27-28,30,36,38,40-41H,9-20H2,1-8H3. The van der Waals surface area contributed by atoms with Crippen LogP contribution in [-0.2, 0) is 25.5 Å². The molecule has 2 aliphatic heterocycles. The van der Waals surface area contributed by atoms with Crippen LogP contribution in [0.15, 0.2) is 11.5 Å². The summed E-state index contributed by atoms with van der Waals surface area (Å²) in [7, 11) is 0. The van der Waals surface area contributed by atoms with E-state index in [4.69, 9.17) is 18.9 Å². The normalized spacial score (nSPS) is 21.4. The van der Waals surface area contributed by atoms with Crippen molar-refractivity contribution in [1.29, 1.82) is 0 Å². The van der Waals surface area contributed by atoms with Gasteiger partial charge in [0, 0.05) is 5.56 Å². The van der Waals surface area contributed by atoms with Crippen molar-refractivity contribution >= 4 is 11.9 Å². The number of hydrogen-bond acceptors (Lipinski definition) is 9. The van der Waals surface area contributed by atoms with E-state index in [9.17, 15) is 24.9 Å². The predicted octanol–water partition coefficient (Wildman–Crippen LogP) is 7.53. The highest BCUT2D eigenvalue weighted by molar-refractivity contribution is 5.89. The molecule has 0 amide bonds. The number of esters is 2. The Hall–Kier alpha value is -2.94. The molecule has 0 aromatic heterocycles. The Bertz CT molecular complexity index is 1220. The minimum Gasteiger partial charge on any atom is -0.505 e. The van der Waals surface area contributed by atoms with Crippen LogP contribution in [0.1, 0.15) is 115 Å². The lowest BCUT2D eigenvalue weighted by atomic mass is 9.82.